The summed E-state index contributed by atoms with van der Waals surface area (Å²) in [7, 11) is -1.57. The van der Waals surface area contributed by atoms with Crippen LogP contribution in [-0.2, 0) is 35.8 Å². The van der Waals surface area contributed by atoms with E-state index in [4.69, 9.17) is 13.5 Å². The first-order chi connectivity index (χ1) is 9.75. The van der Waals surface area contributed by atoms with Crippen molar-refractivity contribution in [2.75, 3.05) is 19.9 Å². The maximum atomic E-state index is 11.5. The third-order valence-corrected chi connectivity index (χ3v) is 4.65. The molecule has 0 amide bonds. The van der Waals surface area contributed by atoms with Crippen LogP contribution in [0.3, 0.4) is 0 Å². The Morgan fingerprint density at radius 2 is 2.00 bits per heavy atom. The van der Waals surface area contributed by atoms with Crippen LogP contribution >= 0.6 is 0 Å². The summed E-state index contributed by atoms with van der Waals surface area (Å²) in [6, 6.07) is 6.09. The van der Waals surface area contributed by atoms with Gasteiger partial charge in [-0.1, -0.05) is 12.1 Å². The highest BCUT2D eigenvalue weighted by Crippen LogP contribution is 2.34. The first kappa shape index (κ1) is 16.0. The van der Waals surface area contributed by atoms with E-state index in [0.29, 0.717) is 5.56 Å². The molecule has 0 fully saturated rings. The fourth-order valence-electron chi connectivity index (χ4n) is 2.02. The van der Waals surface area contributed by atoms with E-state index in [1.165, 1.54) is 18.4 Å². The number of rotatable bonds is 5. The number of likely N-dealkylation sites (N-methyl/N-ethyl adjacent to an activating group) is 1. The lowest BCUT2D eigenvalue weighted by atomic mass is 10.0. The van der Waals surface area contributed by atoms with Crippen molar-refractivity contribution in [1.82, 2.24) is 4.90 Å². The molecular weight excluding hydrogens is 318 g/mol. The molecule has 0 aliphatic carbocycles. The SMILES string of the molecule is CN1C=COC1(COS(=O)O)c1ccc(S(C)(=O)=O)cc1. The maximum Gasteiger partial charge on any atom is 0.302 e. The zero-order chi connectivity index (χ0) is 15.7. The fraction of sp³-hybridized carbons (Fsp3) is 0.333. The molecule has 1 aliphatic rings. The van der Waals surface area contributed by atoms with Gasteiger partial charge in [-0.25, -0.2) is 8.42 Å². The van der Waals surface area contributed by atoms with Crippen LogP contribution in [0.2, 0.25) is 0 Å². The van der Waals surface area contributed by atoms with E-state index in [1.54, 1.807) is 30.3 Å². The molecule has 1 aliphatic heterocycles. The van der Waals surface area contributed by atoms with E-state index in [-0.39, 0.29) is 11.5 Å². The monoisotopic (exact) mass is 333 g/mol. The van der Waals surface area contributed by atoms with Crippen LogP contribution in [0, 0.1) is 0 Å². The van der Waals surface area contributed by atoms with Crippen molar-refractivity contribution in [3.05, 3.63) is 42.3 Å². The second-order valence-corrected chi connectivity index (χ2v) is 7.26. The van der Waals surface area contributed by atoms with Crippen LogP contribution in [0.4, 0.5) is 0 Å². The number of hydrogen-bond acceptors (Lipinski definition) is 6. The highest BCUT2D eigenvalue weighted by molar-refractivity contribution is 7.90. The van der Waals surface area contributed by atoms with Gasteiger partial charge in [0.2, 0.25) is 5.72 Å². The lowest BCUT2D eigenvalue weighted by molar-refractivity contribution is -0.0890. The summed E-state index contributed by atoms with van der Waals surface area (Å²) in [5.41, 5.74) is -0.498. The third kappa shape index (κ3) is 3.26. The van der Waals surface area contributed by atoms with Gasteiger partial charge in [0.25, 0.3) is 0 Å². The average Bonchev–Trinajstić information content (AvgIpc) is 2.78. The number of nitrogens with zero attached hydrogens (tertiary/aromatic N) is 1. The molecule has 1 aromatic carbocycles. The Morgan fingerprint density at radius 1 is 1.38 bits per heavy atom. The molecule has 1 heterocycles. The van der Waals surface area contributed by atoms with Crippen molar-refractivity contribution in [3.63, 3.8) is 0 Å². The van der Waals surface area contributed by atoms with Gasteiger partial charge in [-0.05, 0) is 12.1 Å². The van der Waals surface area contributed by atoms with Crippen molar-refractivity contribution in [3.8, 4) is 0 Å². The normalized spacial score (nSPS) is 23.1. The Morgan fingerprint density at radius 3 is 2.43 bits per heavy atom. The predicted octanol–water partition coefficient (Wildman–Crippen LogP) is 0.829. The summed E-state index contributed by atoms with van der Waals surface area (Å²) in [4.78, 5) is 1.86. The molecule has 0 aromatic heterocycles. The van der Waals surface area contributed by atoms with E-state index in [9.17, 15) is 12.6 Å². The van der Waals surface area contributed by atoms with Gasteiger partial charge in [-0.2, -0.15) is 4.21 Å². The third-order valence-electron chi connectivity index (χ3n) is 3.21. The van der Waals surface area contributed by atoms with Gasteiger partial charge in [0, 0.05) is 25.1 Å². The smallest absolute Gasteiger partial charge is 0.302 e. The molecule has 2 unspecified atom stereocenters. The van der Waals surface area contributed by atoms with Crippen LogP contribution in [0.15, 0.2) is 41.6 Å². The van der Waals surface area contributed by atoms with E-state index in [2.05, 4.69) is 0 Å². The minimum Gasteiger partial charge on any atom is -0.467 e. The average molecular weight is 333 g/mol. The van der Waals surface area contributed by atoms with Crippen molar-refractivity contribution < 1.29 is 26.1 Å². The molecule has 2 rings (SSSR count). The van der Waals surface area contributed by atoms with Crippen molar-refractivity contribution in [2.45, 2.75) is 10.6 Å². The second-order valence-electron chi connectivity index (χ2n) is 4.57. The Hall–Kier alpha value is -1.42. The standard InChI is InChI=1S/C12H15NO6S2/c1-13-7-8-18-12(13,9-19-20(14)15)10-3-5-11(6-4-10)21(2,16)17/h3-8H,9H2,1-2H3,(H,14,15). The molecule has 0 spiro atoms. The molecule has 2 atom stereocenters. The lowest BCUT2D eigenvalue weighted by Crippen LogP contribution is -2.43. The molecule has 0 saturated carbocycles. The van der Waals surface area contributed by atoms with Gasteiger partial charge in [-0.3, -0.25) is 8.74 Å². The highest BCUT2D eigenvalue weighted by Gasteiger charge is 2.41. The van der Waals surface area contributed by atoms with Crippen LogP contribution in [0.25, 0.3) is 0 Å². The van der Waals surface area contributed by atoms with Crippen LogP contribution in [-0.4, -0.2) is 42.0 Å². The molecule has 9 heteroatoms. The second kappa shape index (κ2) is 5.76. The Kier molecular flexibility index (Phi) is 4.38. The Bertz CT molecular complexity index is 669. The van der Waals surface area contributed by atoms with E-state index in [0.717, 1.165) is 6.26 Å². The molecular formula is C12H15NO6S2. The molecule has 1 N–H and O–H groups in total. The largest absolute Gasteiger partial charge is 0.467 e. The van der Waals surface area contributed by atoms with Crippen molar-refractivity contribution in [2.24, 2.45) is 0 Å². The lowest BCUT2D eigenvalue weighted by Gasteiger charge is -2.35. The first-order valence-corrected chi connectivity index (χ1v) is 8.80. The molecule has 0 radical (unpaired) electrons. The number of benzene rings is 1. The zero-order valence-electron chi connectivity index (χ0n) is 11.4. The maximum absolute atomic E-state index is 11.5. The topological polar surface area (TPSA) is 93.1 Å². The minimum absolute atomic E-state index is 0.182. The molecule has 116 valence electrons. The number of sulfone groups is 1. The van der Waals surface area contributed by atoms with Gasteiger partial charge >= 0.3 is 11.4 Å². The summed E-state index contributed by atoms with van der Waals surface area (Å²) in [6.07, 6.45) is 4.21. The zero-order valence-corrected chi connectivity index (χ0v) is 13.1. The van der Waals surface area contributed by atoms with E-state index >= 15 is 0 Å². The summed E-state index contributed by atoms with van der Waals surface area (Å²) < 4.78 is 52.8. The Balaban J connectivity index is 2.36. The first-order valence-electron chi connectivity index (χ1n) is 5.88. The highest BCUT2D eigenvalue weighted by atomic mass is 32.2. The quantitative estimate of drug-likeness (QED) is 0.798. The Labute approximate surface area is 125 Å². The summed E-state index contributed by atoms with van der Waals surface area (Å²) in [6.45, 7) is -0.197. The summed E-state index contributed by atoms with van der Waals surface area (Å²) in [5.74, 6) is 0. The van der Waals surface area contributed by atoms with Crippen molar-refractivity contribution in [1.29, 1.82) is 0 Å². The van der Waals surface area contributed by atoms with E-state index in [1.807, 2.05) is 0 Å². The summed E-state index contributed by atoms with van der Waals surface area (Å²) >= 11 is -2.42. The van der Waals surface area contributed by atoms with Crippen molar-refractivity contribution >= 4 is 21.2 Å². The number of hydrogen-bond donors (Lipinski definition) is 1. The van der Waals surface area contributed by atoms with Gasteiger partial charge in [0.1, 0.15) is 12.9 Å². The van der Waals surface area contributed by atoms with Crippen LogP contribution in [0.1, 0.15) is 5.56 Å². The molecule has 1 aromatic rings. The molecule has 0 saturated heterocycles. The predicted molar refractivity (Wildman–Crippen MR) is 75.9 cm³/mol. The van der Waals surface area contributed by atoms with E-state index < -0.39 is 26.9 Å². The van der Waals surface area contributed by atoms with Gasteiger partial charge in [0.15, 0.2) is 9.84 Å². The van der Waals surface area contributed by atoms with Gasteiger partial charge in [0.05, 0.1) is 4.90 Å². The van der Waals surface area contributed by atoms with Gasteiger partial charge < -0.3 is 9.64 Å². The van der Waals surface area contributed by atoms with Crippen LogP contribution < -0.4 is 0 Å². The van der Waals surface area contributed by atoms with Gasteiger partial charge in [-0.15, -0.1) is 0 Å². The number of ether oxygens (including phenoxy) is 1. The summed E-state index contributed by atoms with van der Waals surface area (Å²) in [5, 5.41) is 0. The minimum atomic E-state index is -3.29. The molecule has 21 heavy (non-hydrogen) atoms. The molecule has 7 nitrogen and oxygen atoms in total. The fourth-order valence-corrected chi connectivity index (χ4v) is 2.91. The molecule has 0 bridgehead atoms. The van der Waals surface area contributed by atoms with Crippen LogP contribution in [0.5, 0.6) is 0 Å².